The smallest absolute Gasteiger partial charge is 0.0366 e. The first-order valence-corrected chi connectivity index (χ1v) is 7.36. The Morgan fingerprint density at radius 1 is 1.17 bits per heavy atom. The molecule has 2 heteroatoms. The van der Waals surface area contributed by atoms with Crippen LogP contribution in [0.5, 0.6) is 0 Å². The van der Waals surface area contributed by atoms with Gasteiger partial charge in [-0.15, -0.1) is 11.3 Å². The quantitative estimate of drug-likeness (QED) is 0.851. The minimum atomic E-state index is 0.410. The van der Waals surface area contributed by atoms with E-state index in [0.717, 1.165) is 12.8 Å². The van der Waals surface area contributed by atoms with Gasteiger partial charge in [-0.2, -0.15) is 0 Å². The third-order valence-electron chi connectivity index (χ3n) is 3.26. The van der Waals surface area contributed by atoms with Crippen LogP contribution in [0.3, 0.4) is 0 Å². The maximum atomic E-state index is 3.43. The second-order valence-corrected chi connectivity index (χ2v) is 5.93. The van der Waals surface area contributed by atoms with Gasteiger partial charge in [-0.05, 0) is 38.1 Å². The summed E-state index contributed by atoms with van der Waals surface area (Å²) in [6.45, 7) is 4.36. The topological polar surface area (TPSA) is 12.0 Å². The summed E-state index contributed by atoms with van der Waals surface area (Å²) in [5.74, 6) is 0. The normalized spacial score (nSPS) is 12.6. The molecule has 1 atom stereocenters. The number of benzene rings is 1. The van der Waals surface area contributed by atoms with Gasteiger partial charge >= 0.3 is 0 Å². The maximum Gasteiger partial charge on any atom is 0.0366 e. The van der Waals surface area contributed by atoms with Gasteiger partial charge in [0.25, 0.3) is 0 Å². The Bertz CT molecular complexity index is 501. The second-order valence-electron chi connectivity index (χ2n) is 4.68. The zero-order valence-electron chi connectivity index (χ0n) is 11.4. The van der Waals surface area contributed by atoms with E-state index in [9.17, 15) is 0 Å². The molecule has 0 amide bonds. The first-order chi connectivity index (χ1) is 8.72. The van der Waals surface area contributed by atoms with Crippen molar-refractivity contribution in [2.45, 2.75) is 32.7 Å². The predicted molar refractivity (Wildman–Crippen MR) is 80.4 cm³/mol. The van der Waals surface area contributed by atoms with Crippen LogP contribution in [0.15, 0.2) is 36.4 Å². The van der Waals surface area contributed by atoms with Crippen molar-refractivity contribution < 1.29 is 0 Å². The molecule has 0 saturated carbocycles. The number of aryl methyl sites for hydroxylation is 2. The summed E-state index contributed by atoms with van der Waals surface area (Å²) in [5.41, 5.74) is 2.71. The van der Waals surface area contributed by atoms with Crippen LogP contribution in [0.1, 0.15) is 33.8 Å². The van der Waals surface area contributed by atoms with Gasteiger partial charge in [-0.1, -0.05) is 36.8 Å². The summed E-state index contributed by atoms with van der Waals surface area (Å²) in [6.07, 6.45) is 2.21. The SMILES string of the molecule is CCc1ccc(CC(NC)c2cccc(C)c2)s1. The van der Waals surface area contributed by atoms with E-state index in [2.05, 4.69) is 55.6 Å². The third kappa shape index (κ3) is 3.21. The highest BCUT2D eigenvalue weighted by Crippen LogP contribution is 2.24. The summed E-state index contributed by atoms with van der Waals surface area (Å²) in [4.78, 5) is 2.94. The second kappa shape index (κ2) is 6.17. The summed E-state index contributed by atoms with van der Waals surface area (Å²) in [7, 11) is 2.04. The highest BCUT2D eigenvalue weighted by atomic mass is 32.1. The standard InChI is InChI=1S/C16H21NS/c1-4-14-8-9-15(18-14)11-16(17-3)13-7-5-6-12(2)10-13/h5-10,16-17H,4,11H2,1-3H3. The van der Waals surface area contributed by atoms with E-state index in [4.69, 9.17) is 0 Å². The van der Waals surface area contributed by atoms with Crippen molar-refractivity contribution in [1.29, 1.82) is 0 Å². The van der Waals surface area contributed by atoms with E-state index < -0.39 is 0 Å². The molecule has 1 N–H and O–H groups in total. The van der Waals surface area contributed by atoms with Crippen molar-refractivity contribution in [2.24, 2.45) is 0 Å². The van der Waals surface area contributed by atoms with Crippen LogP contribution < -0.4 is 5.32 Å². The molecule has 1 nitrogen and oxygen atoms in total. The van der Waals surface area contributed by atoms with Crippen LogP contribution in [0.4, 0.5) is 0 Å². The molecule has 0 aliphatic carbocycles. The first-order valence-electron chi connectivity index (χ1n) is 6.54. The first kappa shape index (κ1) is 13.3. The van der Waals surface area contributed by atoms with Crippen LogP contribution in [-0.4, -0.2) is 7.05 Å². The van der Waals surface area contributed by atoms with E-state index >= 15 is 0 Å². The van der Waals surface area contributed by atoms with Gasteiger partial charge in [0.2, 0.25) is 0 Å². The minimum Gasteiger partial charge on any atom is -0.313 e. The Balaban J connectivity index is 2.14. The van der Waals surface area contributed by atoms with Gasteiger partial charge in [0.15, 0.2) is 0 Å². The molecule has 2 aromatic rings. The molecule has 96 valence electrons. The Morgan fingerprint density at radius 2 is 1.94 bits per heavy atom. The van der Waals surface area contributed by atoms with E-state index in [1.165, 1.54) is 20.9 Å². The summed E-state index contributed by atoms with van der Waals surface area (Å²) < 4.78 is 0. The van der Waals surface area contributed by atoms with Crippen molar-refractivity contribution in [1.82, 2.24) is 5.32 Å². The van der Waals surface area contributed by atoms with Crippen molar-refractivity contribution in [3.05, 3.63) is 57.3 Å². The summed E-state index contributed by atoms with van der Waals surface area (Å²) in [5, 5.41) is 3.43. The largest absolute Gasteiger partial charge is 0.313 e. The number of hydrogen-bond donors (Lipinski definition) is 1. The Hall–Kier alpha value is -1.12. The molecule has 1 aromatic heterocycles. The highest BCUT2D eigenvalue weighted by molar-refractivity contribution is 7.11. The lowest BCUT2D eigenvalue weighted by Crippen LogP contribution is -2.18. The Labute approximate surface area is 114 Å². The van der Waals surface area contributed by atoms with Gasteiger partial charge in [-0.25, -0.2) is 0 Å². The van der Waals surface area contributed by atoms with Gasteiger partial charge < -0.3 is 5.32 Å². The molecular formula is C16H21NS. The number of hydrogen-bond acceptors (Lipinski definition) is 2. The fourth-order valence-corrected chi connectivity index (χ4v) is 3.20. The van der Waals surface area contributed by atoms with E-state index in [1.54, 1.807) is 0 Å². The zero-order chi connectivity index (χ0) is 13.0. The van der Waals surface area contributed by atoms with Gasteiger partial charge in [-0.3, -0.25) is 0 Å². The molecule has 0 aliphatic rings. The molecule has 0 fully saturated rings. The molecular weight excluding hydrogens is 238 g/mol. The van der Waals surface area contributed by atoms with Crippen molar-refractivity contribution >= 4 is 11.3 Å². The average molecular weight is 259 g/mol. The van der Waals surface area contributed by atoms with E-state index in [0.29, 0.717) is 6.04 Å². The van der Waals surface area contributed by atoms with Gasteiger partial charge in [0.05, 0.1) is 0 Å². The van der Waals surface area contributed by atoms with Crippen LogP contribution in [0.2, 0.25) is 0 Å². The Morgan fingerprint density at radius 3 is 2.56 bits per heavy atom. The highest BCUT2D eigenvalue weighted by Gasteiger charge is 2.11. The molecule has 0 bridgehead atoms. The van der Waals surface area contributed by atoms with Gasteiger partial charge in [0, 0.05) is 22.2 Å². The van der Waals surface area contributed by atoms with E-state index in [-0.39, 0.29) is 0 Å². The Kier molecular flexibility index (Phi) is 4.56. The lowest BCUT2D eigenvalue weighted by Gasteiger charge is -2.16. The number of nitrogens with one attached hydrogen (secondary N) is 1. The average Bonchev–Trinajstić information content (AvgIpc) is 2.83. The zero-order valence-corrected chi connectivity index (χ0v) is 12.2. The van der Waals surface area contributed by atoms with Crippen LogP contribution >= 0.6 is 11.3 Å². The fraction of sp³-hybridized carbons (Fsp3) is 0.375. The van der Waals surface area contributed by atoms with Crippen LogP contribution in [-0.2, 0) is 12.8 Å². The molecule has 0 radical (unpaired) electrons. The van der Waals surface area contributed by atoms with Crippen molar-refractivity contribution in [2.75, 3.05) is 7.05 Å². The molecule has 1 unspecified atom stereocenters. The molecule has 18 heavy (non-hydrogen) atoms. The monoisotopic (exact) mass is 259 g/mol. The van der Waals surface area contributed by atoms with Crippen LogP contribution in [0.25, 0.3) is 0 Å². The number of rotatable bonds is 5. The number of thiophene rings is 1. The minimum absolute atomic E-state index is 0.410. The lowest BCUT2D eigenvalue weighted by molar-refractivity contribution is 0.596. The van der Waals surface area contributed by atoms with Crippen LogP contribution in [0, 0.1) is 6.92 Å². The molecule has 2 rings (SSSR count). The molecule has 0 aliphatic heterocycles. The lowest BCUT2D eigenvalue weighted by atomic mass is 10.0. The molecule has 0 spiro atoms. The summed E-state index contributed by atoms with van der Waals surface area (Å²) >= 11 is 1.94. The third-order valence-corrected chi connectivity index (χ3v) is 4.52. The van der Waals surface area contributed by atoms with Crippen molar-refractivity contribution in [3.8, 4) is 0 Å². The molecule has 1 aromatic carbocycles. The predicted octanol–water partition coefficient (Wildman–Crippen LogP) is 4.12. The molecule has 0 saturated heterocycles. The van der Waals surface area contributed by atoms with Crippen molar-refractivity contribution in [3.63, 3.8) is 0 Å². The molecule has 1 heterocycles. The van der Waals surface area contributed by atoms with Gasteiger partial charge in [0.1, 0.15) is 0 Å². The maximum absolute atomic E-state index is 3.43. The summed E-state index contributed by atoms with van der Waals surface area (Å²) in [6, 6.07) is 13.7. The number of likely N-dealkylation sites (N-methyl/N-ethyl adjacent to an activating group) is 1. The van der Waals surface area contributed by atoms with E-state index in [1.807, 2.05) is 18.4 Å². The fourth-order valence-electron chi connectivity index (χ4n) is 2.20.